The Kier molecular flexibility index (Phi) is 5.00. The molecule has 2 aromatic carbocycles. The van der Waals surface area contributed by atoms with Gasteiger partial charge in [0.2, 0.25) is 11.8 Å². The van der Waals surface area contributed by atoms with Crippen LogP contribution in [0.1, 0.15) is 12.5 Å². The fourth-order valence-corrected chi connectivity index (χ4v) is 1.93. The van der Waals surface area contributed by atoms with E-state index in [9.17, 15) is 22.8 Å². The van der Waals surface area contributed by atoms with E-state index in [4.69, 9.17) is 0 Å². The molecule has 0 unspecified atom stereocenters. The number of amides is 2. The van der Waals surface area contributed by atoms with Crippen LogP contribution < -0.4 is 10.6 Å². The number of carbonyl (C=O) groups is 2. The number of carbonyl (C=O) groups excluding carboxylic acids is 2. The van der Waals surface area contributed by atoms with Gasteiger partial charge in [-0.15, -0.1) is 0 Å². The maximum Gasteiger partial charge on any atom is 0.228 e. The summed E-state index contributed by atoms with van der Waals surface area (Å²) in [6.07, 6.45) is -0.0845. The molecule has 0 aliphatic heterocycles. The Morgan fingerprint density at radius 1 is 0.913 bits per heavy atom. The normalized spacial score (nSPS) is 10.3. The van der Waals surface area contributed by atoms with Crippen molar-refractivity contribution < 1.29 is 22.8 Å². The fraction of sp³-hybridized carbons (Fsp3) is 0.125. The number of nitrogens with one attached hydrogen (secondary N) is 2. The molecule has 0 heterocycles. The van der Waals surface area contributed by atoms with Crippen LogP contribution in [0.5, 0.6) is 0 Å². The van der Waals surface area contributed by atoms with Crippen molar-refractivity contribution in [2.24, 2.45) is 0 Å². The highest BCUT2D eigenvalue weighted by Gasteiger charge is 2.13. The second-order valence-electron chi connectivity index (χ2n) is 4.84. The number of hydrogen-bond donors (Lipinski definition) is 2. The highest BCUT2D eigenvalue weighted by Crippen LogP contribution is 2.25. The Balaban J connectivity index is 2.17. The molecule has 0 aromatic heterocycles. The topological polar surface area (TPSA) is 58.2 Å². The molecule has 0 fully saturated rings. The van der Waals surface area contributed by atoms with Crippen LogP contribution in [0, 0.1) is 17.5 Å². The standard InChI is InChI=1S/C16H13F3N2O2/c1-9(22)20-14-7-12(18)13(19)8-15(14)21-16(23)6-10-2-4-11(17)5-3-10/h2-5,7-8H,6H2,1H3,(H,20,22)(H,21,23). The lowest BCUT2D eigenvalue weighted by atomic mass is 10.1. The number of rotatable bonds is 4. The Labute approximate surface area is 130 Å². The van der Waals surface area contributed by atoms with Crippen LogP contribution in [-0.4, -0.2) is 11.8 Å². The third-order valence-electron chi connectivity index (χ3n) is 2.92. The summed E-state index contributed by atoms with van der Waals surface area (Å²) < 4.78 is 39.4. The second-order valence-corrected chi connectivity index (χ2v) is 4.84. The molecule has 2 amide bonds. The number of benzene rings is 2. The van der Waals surface area contributed by atoms with Gasteiger partial charge in [0.1, 0.15) is 5.82 Å². The predicted octanol–water partition coefficient (Wildman–Crippen LogP) is 3.24. The Morgan fingerprint density at radius 2 is 1.43 bits per heavy atom. The molecule has 2 aromatic rings. The molecule has 0 bridgehead atoms. The van der Waals surface area contributed by atoms with E-state index in [0.717, 1.165) is 12.1 Å². The fourth-order valence-electron chi connectivity index (χ4n) is 1.93. The zero-order valence-electron chi connectivity index (χ0n) is 12.1. The van der Waals surface area contributed by atoms with Crippen LogP contribution in [0.15, 0.2) is 36.4 Å². The van der Waals surface area contributed by atoms with Crippen LogP contribution in [0.2, 0.25) is 0 Å². The Morgan fingerprint density at radius 3 is 1.96 bits per heavy atom. The van der Waals surface area contributed by atoms with Gasteiger partial charge in [0.25, 0.3) is 0 Å². The van der Waals surface area contributed by atoms with Crippen molar-refractivity contribution in [2.75, 3.05) is 10.6 Å². The van der Waals surface area contributed by atoms with Crippen molar-refractivity contribution in [1.29, 1.82) is 0 Å². The van der Waals surface area contributed by atoms with Gasteiger partial charge in [-0.1, -0.05) is 12.1 Å². The van der Waals surface area contributed by atoms with Gasteiger partial charge in [0, 0.05) is 19.1 Å². The predicted molar refractivity (Wildman–Crippen MR) is 79.4 cm³/mol. The average molecular weight is 322 g/mol. The van der Waals surface area contributed by atoms with Gasteiger partial charge in [-0.05, 0) is 17.7 Å². The molecule has 0 aliphatic carbocycles. The number of hydrogen-bond acceptors (Lipinski definition) is 2. The first-order valence-corrected chi connectivity index (χ1v) is 6.66. The van der Waals surface area contributed by atoms with E-state index >= 15 is 0 Å². The molecule has 0 atom stereocenters. The van der Waals surface area contributed by atoms with Crippen molar-refractivity contribution in [3.05, 3.63) is 59.4 Å². The molecule has 0 saturated heterocycles. The summed E-state index contributed by atoms with van der Waals surface area (Å²) in [5.41, 5.74) is 0.433. The van der Waals surface area contributed by atoms with Gasteiger partial charge in [-0.3, -0.25) is 9.59 Å². The highest BCUT2D eigenvalue weighted by molar-refractivity contribution is 5.99. The smallest absolute Gasteiger partial charge is 0.228 e. The van der Waals surface area contributed by atoms with Gasteiger partial charge in [-0.2, -0.15) is 0 Å². The van der Waals surface area contributed by atoms with E-state index in [1.807, 2.05) is 0 Å². The lowest BCUT2D eigenvalue weighted by Crippen LogP contribution is -2.17. The summed E-state index contributed by atoms with van der Waals surface area (Å²) in [5, 5.41) is 4.70. The SMILES string of the molecule is CC(=O)Nc1cc(F)c(F)cc1NC(=O)Cc1ccc(F)cc1. The average Bonchev–Trinajstić information content (AvgIpc) is 2.46. The Bertz CT molecular complexity index is 746. The molecule has 0 saturated carbocycles. The minimum Gasteiger partial charge on any atom is -0.324 e. The van der Waals surface area contributed by atoms with Gasteiger partial charge < -0.3 is 10.6 Å². The molecule has 120 valence electrons. The molecular weight excluding hydrogens is 309 g/mol. The molecule has 0 aliphatic rings. The van der Waals surface area contributed by atoms with Crippen LogP contribution in [-0.2, 0) is 16.0 Å². The van der Waals surface area contributed by atoms with E-state index in [1.54, 1.807) is 0 Å². The van der Waals surface area contributed by atoms with E-state index in [-0.39, 0.29) is 17.8 Å². The van der Waals surface area contributed by atoms with Crippen molar-refractivity contribution in [3.63, 3.8) is 0 Å². The molecule has 7 heteroatoms. The van der Waals surface area contributed by atoms with Crippen LogP contribution in [0.25, 0.3) is 0 Å². The lowest BCUT2D eigenvalue weighted by Gasteiger charge is -2.12. The van der Waals surface area contributed by atoms with Crippen LogP contribution in [0.4, 0.5) is 24.5 Å². The van der Waals surface area contributed by atoms with Crippen LogP contribution in [0.3, 0.4) is 0 Å². The maximum atomic E-state index is 13.3. The van der Waals surface area contributed by atoms with Gasteiger partial charge in [-0.25, -0.2) is 13.2 Å². The summed E-state index contributed by atoms with van der Waals surface area (Å²) >= 11 is 0. The number of halogens is 3. The van der Waals surface area contributed by atoms with Gasteiger partial charge in [0.05, 0.1) is 17.8 Å². The third kappa shape index (κ3) is 4.57. The Hall–Kier alpha value is -2.83. The summed E-state index contributed by atoms with van der Waals surface area (Å²) in [7, 11) is 0. The summed E-state index contributed by atoms with van der Waals surface area (Å²) in [4.78, 5) is 23.1. The maximum absolute atomic E-state index is 13.3. The first-order chi connectivity index (χ1) is 10.8. The summed E-state index contributed by atoms with van der Waals surface area (Å²) in [5.74, 6) is -3.75. The minimum absolute atomic E-state index is 0.0520. The molecular formula is C16H13F3N2O2. The summed E-state index contributed by atoms with van der Waals surface area (Å²) in [6, 6.07) is 6.86. The zero-order chi connectivity index (χ0) is 17.0. The molecule has 0 radical (unpaired) electrons. The van der Waals surface area contributed by atoms with E-state index < -0.39 is 29.3 Å². The van der Waals surface area contributed by atoms with E-state index in [0.29, 0.717) is 5.56 Å². The largest absolute Gasteiger partial charge is 0.324 e. The van der Waals surface area contributed by atoms with Crippen molar-refractivity contribution in [1.82, 2.24) is 0 Å². The second kappa shape index (κ2) is 6.95. The van der Waals surface area contributed by atoms with Crippen molar-refractivity contribution >= 4 is 23.2 Å². The third-order valence-corrected chi connectivity index (χ3v) is 2.92. The van der Waals surface area contributed by atoms with Gasteiger partial charge >= 0.3 is 0 Å². The quantitative estimate of drug-likeness (QED) is 0.908. The van der Waals surface area contributed by atoms with Gasteiger partial charge in [0.15, 0.2) is 11.6 Å². The monoisotopic (exact) mass is 322 g/mol. The molecule has 2 N–H and O–H groups in total. The molecule has 0 spiro atoms. The van der Waals surface area contributed by atoms with Crippen molar-refractivity contribution in [2.45, 2.75) is 13.3 Å². The highest BCUT2D eigenvalue weighted by atomic mass is 19.2. The van der Waals surface area contributed by atoms with E-state index in [1.165, 1.54) is 31.2 Å². The van der Waals surface area contributed by atoms with Crippen LogP contribution >= 0.6 is 0 Å². The number of anilines is 2. The first-order valence-electron chi connectivity index (χ1n) is 6.66. The summed E-state index contributed by atoms with van der Waals surface area (Å²) in [6.45, 7) is 1.20. The molecule has 2 rings (SSSR count). The van der Waals surface area contributed by atoms with E-state index in [2.05, 4.69) is 10.6 Å². The molecule has 4 nitrogen and oxygen atoms in total. The first kappa shape index (κ1) is 16.5. The lowest BCUT2D eigenvalue weighted by molar-refractivity contribution is -0.116. The zero-order valence-corrected chi connectivity index (χ0v) is 12.1. The minimum atomic E-state index is -1.16. The molecule has 23 heavy (non-hydrogen) atoms. The van der Waals surface area contributed by atoms with Crippen molar-refractivity contribution in [3.8, 4) is 0 Å².